The minimum absolute atomic E-state index is 0.0328. The molecule has 2 aromatic heterocycles. The first kappa shape index (κ1) is 17.8. The predicted octanol–water partition coefficient (Wildman–Crippen LogP) is 5.05. The Labute approximate surface area is 155 Å². The van der Waals surface area contributed by atoms with Crippen molar-refractivity contribution in [3.63, 3.8) is 0 Å². The Morgan fingerprint density at radius 1 is 1.00 bits per heavy atom. The van der Waals surface area contributed by atoms with Crippen molar-refractivity contribution < 1.29 is 26.8 Å². The van der Waals surface area contributed by atoms with E-state index in [9.17, 15) is 18.0 Å². The topological polar surface area (TPSA) is 65.5 Å². The first-order chi connectivity index (χ1) is 13.4. The standard InChI is InChI=1S/C20H12F3NO4/c21-20(22,23)16-10-19(25)27-18-9-14(6-7-15(16)18)26-11-13-8-17(28-24-13)12-4-2-1-3-5-12/h1-10H,11H2. The molecule has 0 aliphatic carbocycles. The molecule has 0 atom stereocenters. The molecule has 0 spiro atoms. The van der Waals surface area contributed by atoms with Crippen molar-refractivity contribution in [3.8, 4) is 17.1 Å². The van der Waals surface area contributed by atoms with Crippen LogP contribution >= 0.6 is 0 Å². The molecule has 8 heteroatoms. The van der Waals surface area contributed by atoms with Gasteiger partial charge in [-0.1, -0.05) is 35.5 Å². The second-order valence-electron chi connectivity index (χ2n) is 5.97. The Balaban J connectivity index is 1.56. The van der Waals surface area contributed by atoms with Gasteiger partial charge in [-0.25, -0.2) is 4.79 Å². The molecule has 0 unspecified atom stereocenters. The molecule has 0 radical (unpaired) electrons. The van der Waals surface area contributed by atoms with Gasteiger partial charge in [0.1, 0.15) is 23.6 Å². The lowest BCUT2D eigenvalue weighted by atomic mass is 10.1. The average Bonchev–Trinajstić information content (AvgIpc) is 3.14. The maximum atomic E-state index is 13.1. The summed E-state index contributed by atoms with van der Waals surface area (Å²) in [6.07, 6.45) is -4.66. The Morgan fingerprint density at radius 2 is 1.79 bits per heavy atom. The number of halogens is 3. The number of nitrogens with zero attached hydrogens (tertiary/aromatic N) is 1. The highest BCUT2D eigenvalue weighted by Gasteiger charge is 2.33. The zero-order valence-electron chi connectivity index (χ0n) is 14.2. The lowest BCUT2D eigenvalue weighted by Crippen LogP contribution is -2.11. The van der Waals surface area contributed by atoms with Gasteiger partial charge in [0.25, 0.3) is 0 Å². The maximum Gasteiger partial charge on any atom is 0.417 e. The highest BCUT2D eigenvalue weighted by atomic mass is 19.4. The summed E-state index contributed by atoms with van der Waals surface area (Å²) in [5.74, 6) is 0.803. The highest BCUT2D eigenvalue weighted by Crippen LogP contribution is 2.35. The Morgan fingerprint density at radius 3 is 2.54 bits per heavy atom. The number of rotatable bonds is 4. The van der Waals surface area contributed by atoms with E-state index in [0.717, 1.165) is 5.56 Å². The van der Waals surface area contributed by atoms with Crippen molar-refractivity contribution in [1.82, 2.24) is 5.16 Å². The van der Waals surface area contributed by atoms with Crippen LogP contribution in [-0.4, -0.2) is 5.16 Å². The van der Waals surface area contributed by atoms with E-state index in [4.69, 9.17) is 13.7 Å². The number of fused-ring (bicyclic) bond motifs is 1. The fourth-order valence-corrected chi connectivity index (χ4v) is 2.74. The van der Waals surface area contributed by atoms with E-state index >= 15 is 0 Å². The quantitative estimate of drug-likeness (QED) is 0.459. The van der Waals surface area contributed by atoms with E-state index in [1.54, 1.807) is 6.07 Å². The smallest absolute Gasteiger partial charge is 0.417 e. The van der Waals surface area contributed by atoms with E-state index in [1.807, 2.05) is 30.3 Å². The van der Waals surface area contributed by atoms with Crippen molar-refractivity contribution in [3.05, 3.63) is 82.3 Å². The fourth-order valence-electron chi connectivity index (χ4n) is 2.74. The highest BCUT2D eigenvalue weighted by molar-refractivity contribution is 5.82. The molecule has 2 aromatic carbocycles. The number of aromatic nitrogens is 1. The number of ether oxygens (including phenoxy) is 1. The molecule has 5 nitrogen and oxygen atoms in total. The third-order valence-electron chi connectivity index (χ3n) is 4.03. The minimum Gasteiger partial charge on any atom is -0.487 e. The zero-order valence-corrected chi connectivity index (χ0v) is 14.2. The largest absolute Gasteiger partial charge is 0.487 e. The summed E-state index contributed by atoms with van der Waals surface area (Å²) in [7, 11) is 0. The lowest BCUT2D eigenvalue weighted by Gasteiger charge is -2.10. The van der Waals surface area contributed by atoms with Crippen molar-refractivity contribution in [1.29, 1.82) is 0 Å². The van der Waals surface area contributed by atoms with Crippen molar-refractivity contribution >= 4 is 11.0 Å². The Kier molecular flexibility index (Phi) is 4.38. The SMILES string of the molecule is O=c1cc(C(F)(F)F)c2ccc(OCc3cc(-c4ccccc4)on3)cc2o1. The molecule has 4 aromatic rings. The molecule has 0 aliphatic heterocycles. The van der Waals surface area contributed by atoms with E-state index < -0.39 is 17.4 Å². The summed E-state index contributed by atoms with van der Waals surface area (Å²) < 4.78 is 54.9. The van der Waals surface area contributed by atoms with Gasteiger partial charge in [0.15, 0.2) is 5.76 Å². The number of benzene rings is 2. The Hall–Kier alpha value is -3.55. The molecule has 0 N–H and O–H groups in total. The van der Waals surface area contributed by atoms with Gasteiger partial charge in [0.05, 0.1) is 5.56 Å². The van der Waals surface area contributed by atoms with Crippen LogP contribution in [0.2, 0.25) is 0 Å². The van der Waals surface area contributed by atoms with Crippen LogP contribution in [0, 0.1) is 0 Å². The van der Waals surface area contributed by atoms with Gasteiger partial charge >= 0.3 is 11.8 Å². The van der Waals surface area contributed by atoms with Crippen molar-refractivity contribution in [2.45, 2.75) is 12.8 Å². The molecule has 0 saturated carbocycles. The van der Waals surface area contributed by atoms with Crippen LogP contribution in [-0.2, 0) is 12.8 Å². The molecule has 2 heterocycles. The zero-order chi connectivity index (χ0) is 19.7. The normalized spacial score (nSPS) is 11.7. The van der Waals surface area contributed by atoms with Gasteiger partial charge < -0.3 is 13.7 Å². The van der Waals surface area contributed by atoms with Crippen LogP contribution in [0.3, 0.4) is 0 Å². The first-order valence-corrected chi connectivity index (χ1v) is 8.19. The molecule has 0 aliphatic rings. The van der Waals surface area contributed by atoms with Crippen LogP contribution < -0.4 is 10.4 Å². The van der Waals surface area contributed by atoms with Crippen LogP contribution in [0.25, 0.3) is 22.3 Å². The maximum absolute atomic E-state index is 13.1. The van der Waals surface area contributed by atoms with Crippen molar-refractivity contribution in [2.24, 2.45) is 0 Å². The fraction of sp³-hybridized carbons (Fsp3) is 0.100. The van der Waals surface area contributed by atoms with Gasteiger partial charge in [-0.2, -0.15) is 13.2 Å². The average molecular weight is 387 g/mol. The van der Waals surface area contributed by atoms with Crippen LogP contribution in [0.4, 0.5) is 13.2 Å². The summed E-state index contributed by atoms with van der Waals surface area (Å²) >= 11 is 0. The number of hydrogen-bond donors (Lipinski definition) is 0. The monoisotopic (exact) mass is 387 g/mol. The summed E-state index contributed by atoms with van der Waals surface area (Å²) in [5, 5.41) is 3.69. The molecule has 0 fully saturated rings. The van der Waals surface area contributed by atoms with E-state index in [0.29, 0.717) is 17.5 Å². The second kappa shape index (κ2) is 6.88. The lowest BCUT2D eigenvalue weighted by molar-refractivity contribution is -0.136. The molecule has 28 heavy (non-hydrogen) atoms. The van der Waals surface area contributed by atoms with Gasteiger partial charge in [0, 0.05) is 29.1 Å². The first-order valence-electron chi connectivity index (χ1n) is 8.19. The molecule has 0 amide bonds. The minimum atomic E-state index is -4.66. The number of alkyl halides is 3. The van der Waals surface area contributed by atoms with Crippen LogP contribution in [0.15, 0.2) is 74.4 Å². The summed E-state index contributed by atoms with van der Waals surface area (Å²) in [6.45, 7) is 0.0328. The van der Waals surface area contributed by atoms with Gasteiger partial charge in [-0.05, 0) is 12.1 Å². The molecule has 4 rings (SSSR count). The van der Waals surface area contributed by atoms with E-state index in [2.05, 4.69) is 5.16 Å². The van der Waals surface area contributed by atoms with Gasteiger partial charge in [-0.3, -0.25) is 0 Å². The molecular weight excluding hydrogens is 375 g/mol. The molecule has 0 saturated heterocycles. The summed E-state index contributed by atoms with van der Waals surface area (Å²) in [6, 6.07) is 15.3. The van der Waals surface area contributed by atoms with Crippen LogP contribution in [0.1, 0.15) is 11.3 Å². The van der Waals surface area contributed by atoms with Gasteiger partial charge in [-0.15, -0.1) is 0 Å². The summed E-state index contributed by atoms with van der Waals surface area (Å²) in [5.41, 5.74) is -0.976. The molecule has 0 bridgehead atoms. The van der Waals surface area contributed by atoms with Crippen LogP contribution in [0.5, 0.6) is 5.75 Å². The van der Waals surface area contributed by atoms with Gasteiger partial charge in [0.2, 0.25) is 0 Å². The van der Waals surface area contributed by atoms with Crippen molar-refractivity contribution in [2.75, 3.05) is 0 Å². The van der Waals surface area contributed by atoms with E-state index in [1.165, 1.54) is 18.2 Å². The molecule has 142 valence electrons. The second-order valence-corrected chi connectivity index (χ2v) is 5.97. The predicted molar refractivity (Wildman–Crippen MR) is 93.8 cm³/mol. The summed E-state index contributed by atoms with van der Waals surface area (Å²) in [4.78, 5) is 11.4. The third kappa shape index (κ3) is 3.62. The van der Waals surface area contributed by atoms with E-state index in [-0.39, 0.29) is 23.3 Å². The third-order valence-corrected chi connectivity index (χ3v) is 4.03. The Bertz CT molecular complexity index is 1180. The number of hydrogen-bond acceptors (Lipinski definition) is 5. The molecular formula is C20H12F3NO4.